The van der Waals surface area contributed by atoms with Crippen LogP contribution in [0, 0.1) is 0 Å². The van der Waals surface area contributed by atoms with Crippen molar-refractivity contribution in [2.24, 2.45) is 0 Å². The lowest BCUT2D eigenvalue weighted by Gasteiger charge is -2.10. The second-order valence-electron chi connectivity index (χ2n) is 5.28. The molecule has 0 aliphatic carbocycles. The van der Waals surface area contributed by atoms with E-state index >= 15 is 0 Å². The second kappa shape index (κ2) is 5.74. The maximum atomic E-state index is 6.14. The first kappa shape index (κ1) is 13.9. The van der Waals surface area contributed by atoms with Crippen molar-refractivity contribution in [1.29, 1.82) is 0 Å². The molecule has 0 fully saturated rings. The highest BCUT2D eigenvalue weighted by Gasteiger charge is 2.12. The summed E-state index contributed by atoms with van der Waals surface area (Å²) >= 11 is 6.14. The van der Waals surface area contributed by atoms with Crippen LogP contribution < -0.4 is 5.32 Å². The summed E-state index contributed by atoms with van der Waals surface area (Å²) in [6.45, 7) is 4.96. The number of hydrogen-bond acceptors (Lipinski definition) is 3. The monoisotopic (exact) mass is 300 g/mol. The smallest absolute Gasteiger partial charge is 0.180 e. The van der Waals surface area contributed by atoms with E-state index < -0.39 is 0 Å². The summed E-state index contributed by atoms with van der Waals surface area (Å²) in [5.74, 6) is 1.08. The Hall–Kier alpha value is -2.07. The van der Waals surface area contributed by atoms with Gasteiger partial charge < -0.3 is 5.32 Å². The van der Waals surface area contributed by atoms with E-state index in [2.05, 4.69) is 41.3 Å². The molecule has 0 saturated carbocycles. The highest BCUT2D eigenvalue weighted by atomic mass is 35.5. The molecule has 0 radical (unpaired) electrons. The fraction of sp³-hybridized carbons (Fsp3) is 0.250. The Balaban J connectivity index is 1.95. The van der Waals surface area contributed by atoms with Gasteiger partial charge in [-0.2, -0.15) is 0 Å². The van der Waals surface area contributed by atoms with Gasteiger partial charge in [0.1, 0.15) is 5.15 Å². The van der Waals surface area contributed by atoms with Gasteiger partial charge in [0, 0.05) is 24.6 Å². The van der Waals surface area contributed by atoms with Crippen LogP contribution >= 0.6 is 11.6 Å². The second-order valence-corrected chi connectivity index (χ2v) is 5.67. The van der Waals surface area contributed by atoms with E-state index in [1.807, 2.05) is 35.0 Å². The Kier molecular flexibility index (Phi) is 3.80. The molecule has 4 nitrogen and oxygen atoms in total. The Labute approximate surface area is 128 Å². The molecular weight excluding hydrogens is 284 g/mol. The minimum Gasteiger partial charge on any atom is -0.363 e. The number of benzene rings is 1. The number of aromatic nitrogens is 3. The fourth-order valence-corrected chi connectivity index (χ4v) is 2.49. The van der Waals surface area contributed by atoms with E-state index in [0.29, 0.717) is 23.4 Å². The number of rotatable bonds is 4. The molecule has 2 aromatic heterocycles. The SMILES string of the molecule is CC(C)c1cnc2c(NCc3ccccc3)nc(Cl)cn12. The predicted octanol–water partition coefficient (Wildman–Crippen LogP) is 4.12. The number of hydrogen-bond donors (Lipinski definition) is 1. The average Bonchev–Trinajstić information content (AvgIpc) is 2.89. The Morgan fingerprint density at radius 1 is 1.24 bits per heavy atom. The van der Waals surface area contributed by atoms with Gasteiger partial charge in [-0.25, -0.2) is 9.97 Å². The average molecular weight is 301 g/mol. The normalized spacial score (nSPS) is 11.2. The maximum absolute atomic E-state index is 6.14. The summed E-state index contributed by atoms with van der Waals surface area (Å²) in [5, 5.41) is 3.77. The minimum atomic E-state index is 0.375. The van der Waals surface area contributed by atoms with Gasteiger partial charge in [-0.1, -0.05) is 55.8 Å². The molecule has 0 aliphatic heterocycles. The van der Waals surface area contributed by atoms with Crippen molar-refractivity contribution in [2.45, 2.75) is 26.3 Å². The van der Waals surface area contributed by atoms with E-state index in [4.69, 9.17) is 11.6 Å². The molecular formula is C16H17ClN4. The van der Waals surface area contributed by atoms with Crippen LogP contribution in [0.1, 0.15) is 31.0 Å². The quantitative estimate of drug-likeness (QED) is 0.788. The molecule has 2 heterocycles. The molecule has 0 spiro atoms. The summed E-state index contributed by atoms with van der Waals surface area (Å²) in [6.07, 6.45) is 3.69. The molecule has 3 rings (SSSR count). The first-order valence-electron chi connectivity index (χ1n) is 6.96. The van der Waals surface area contributed by atoms with Crippen molar-refractivity contribution < 1.29 is 0 Å². The fourth-order valence-electron chi connectivity index (χ4n) is 2.30. The zero-order valence-electron chi connectivity index (χ0n) is 12.0. The van der Waals surface area contributed by atoms with Crippen LogP contribution in [0.4, 0.5) is 5.82 Å². The van der Waals surface area contributed by atoms with E-state index in [9.17, 15) is 0 Å². The first-order valence-corrected chi connectivity index (χ1v) is 7.34. The summed E-state index contributed by atoms with van der Waals surface area (Å²) in [4.78, 5) is 8.83. The maximum Gasteiger partial charge on any atom is 0.180 e. The molecule has 3 aromatic rings. The molecule has 0 saturated heterocycles. The molecule has 0 atom stereocenters. The van der Waals surface area contributed by atoms with E-state index in [0.717, 1.165) is 11.3 Å². The number of nitrogens with one attached hydrogen (secondary N) is 1. The lowest BCUT2D eigenvalue weighted by Crippen LogP contribution is -2.05. The van der Waals surface area contributed by atoms with Crippen molar-refractivity contribution in [3.8, 4) is 0 Å². The third-order valence-corrected chi connectivity index (χ3v) is 3.57. The third kappa shape index (κ3) is 2.85. The van der Waals surface area contributed by atoms with Crippen LogP contribution in [0.2, 0.25) is 5.15 Å². The Morgan fingerprint density at radius 2 is 2.00 bits per heavy atom. The molecule has 1 aromatic carbocycles. The van der Waals surface area contributed by atoms with E-state index in [1.165, 1.54) is 5.56 Å². The van der Waals surface area contributed by atoms with Crippen LogP contribution in [-0.4, -0.2) is 14.4 Å². The lowest BCUT2D eigenvalue weighted by molar-refractivity contribution is 0.807. The molecule has 108 valence electrons. The van der Waals surface area contributed by atoms with Crippen molar-refractivity contribution >= 4 is 23.1 Å². The molecule has 21 heavy (non-hydrogen) atoms. The number of imidazole rings is 1. The van der Waals surface area contributed by atoms with Gasteiger partial charge in [-0.3, -0.25) is 4.40 Å². The van der Waals surface area contributed by atoms with Crippen LogP contribution in [0.25, 0.3) is 5.65 Å². The molecule has 0 amide bonds. The molecule has 0 bridgehead atoms. The van der Waals surface area contributed by atoms with Crippen molar-refractivity contribution in [2.75, 3.05) is 5.32 Å². The molecule has 0 unspecified atom stereocenters. The summed E-state index contributed by atoms with van der Waals surface area (Å²) < 4.78 is 2.01. The third-order valence-electron chi connectivity index (χ3n) is 3.39. The largest absolute Gasteiger partial charge is 0.363 e. The number of nitrogens with zero attached hydrogens (tertiary/aromatic N) is 3. The van der Waals surface area contributed by atoms with E-state index in [1.54, 1.807) is 0 Å². The Bertz CT molecular complexity index is 750. The highest BCUT2D eigenvalue weighted by molar-refractivity contribution is 6.29. The van der Waals surface area contributed by atoms with Gasteiger partial charge in [-0.05, 0) is 11.5 Å². The van der Waals surface area contributed by atoms with Gasteiger partial charge in [0.2, 0.25) is 0 Å². The van der Waals surface area contributed by atoms with Crippen molar-refractivity contribution in [3.63, 3.8) is 0 Å². The molecule has 5 heteroatoms. The van der Waals surface area contributed by atoms with Crippen molar-refractivity contribution in [3.05, 3.63) is 59.1 Å². The van der Waals surface area contributed by atoms with Crippen LogP contribution in [0.3, 0.4) is 0 Å². The van der Waals surface area contributed by atoms with Gasteiger partial charge in [-0.15, -0.1) is 0 Å². The van der Waals surface area contributed by atoms with Gasteiger partial charge in [0.05, 0.1) is 0 Å². The lowest BCUT2D eigenvalue weighted by atomic mass is 10.1. The number of halogens is 1. The van der Waals surface area contributed by atoms with Gasteiger partial charge in [0.15, 0.2) is 11.5 Å². The summed E-state index contributed by atoms with van der Waals surface area (Å²) in [7, 11) is 0. The van der Waals surface area contributed by atoms with Crippen LogP contribution in [-0.2, 0) is 6.54 Å². The number of fused-ring (bicyclic) bond motifs is 1. The van der Waals surface area contributed by atoms with Crippen molar-refractivity contribution in [1.82, 2.24) is 14.4 Å². The summed E-state index contributed by atoms with van der Waals surface area (Å²) in [5.41, 5.74) is 3.11. The predicted molar refractivity (Wildman–Crippen MR) is 85.9 cm³/mol. The van der Waals surface area contributed by atoms with Crippen LogP contribution in [0.5, 0.6) is 0 Å². The molecule has 1 N–H and O–H groups in total. The topological polar surface area (TPSA) is 42.2 Å². The molecule has 0 aliphatic rings. The van der Waals surface area contributed by atoms with Gasteiger partial charge >= 0.3 is 0 Å². The van der Waals surface area contributed by atoms with E-state index in [-0.39, 0.29) is 0 Å². The Morgan fingerprint density at radius 3 is 2.71 bits per heavy atom. The summed E-state index contributed by atoms with van der Waals surface area (Å²) in [6, 6.07) is 10.2. The first-order chi connectivity index (χ1) is 10.1. The standard InChI is InChI=1S/C16H17ClN4/c1-11(2)13-9-19-16-15(20-14(17)10-21(13)16)18-8-12-6-4-3-5-7-12/h3-7,9-11H,8H2,1-2H3,(H,18,20). The van der Waals surface area contributed by atoms with Crippen LogP contribution in [0.15, 0.2) is 42.7 Å². The minimum absolute atomic E-state index is 0.375. The highest BCUT2D eigenvalue weighted by Crippen LogP contribution is 2.23. The van der Waals surface area contributed by atoms with Gasteiger partial charge in [0.25, 0.3) is 0 Å². The zero-order valence-corrected chi connectivity index (χ0v) is 12.8. The number of anilines is 1. The zero-order chi connectivity index (χ0) is 14.8.